The molecule has 0 atom stereocenters. The summed E-state index contributed by atoms with van der Waals surface area (Å²) in [5.74, 6) is 0.341. The third-order valence-corrected chi connectivity index (χ3v) is 8.05. The summed E-state index contributed by atoms with van der Waals surface area (Å²) in [5, 5.41) is 2.75. The summed E-state index contributed by atoms with van der Waals surface area (Å²) >= 11 is 7.51. The zero-order chi connectivity index (χ0) is 26.6. The highest BCUT2D eigenvalue weighted by atomic mass is 35.5. The lowest BCUT2D eigenvalue weighted by Gasteiger charge is -2.41. The monoisotopic (exact) mass is 556 g/mol. The number of benzene rings is 1. The predicted molar refractivity (Wildman–Crippen MR) is 141 cm³/mol. The van der Waals surface area contributed by atoms with Crippen molar-refractivity contribution in [2.75, 3.05) is 37.8 Å². The van der Waals surface area contributed by atoms with Crippen molar-refractivity contribution in [2.45, 2.75) is 57.4 Å². The molecule has 1 aromatic carbocycles. The molecule has 0 aliphatic carbocycles. The second kappa shape index (κ2) is 12.2. The van der Waals surface area contributed by atoms with Gasteiger partial charge in [-0.2, -0.15) is 13.2 Å². The molecule has 2 aliphatic rings. The Morgan fingerprint density at radius 2 is 1.84 bits per heavy atom. The van der Waals surface area contributed by atoms with Crippen LogP contribution in [0.15, 0.2) is 24.5 Å². The zero-order valence-corrected chi connectivity index (χ0v) is 22.5. The summed E-state index contributed by atoms with van der Waals surface area (Å²) in [7, 11) is 0. The van der Waals surface area contributed by atoms with Gasteiger partial charge in [-0.25, -0.2) is 9.97 Å². The molecule has 202 valence electrons. The molecule has 12 heteroatoms. The fourth-order valence-corrected chi connectivity index (χ4v) is 5.94. The molecule has 37 heavy (non-hydrogen) atoms. The molecule has 0 saturated carbocycles. The second-order valence-corrected chi connectivity index (χ2v) is 10.6. The maximum absolute atomic E-state index is 13.3. The highest BCUT2D eigenvalue weighted by Gasteiger charge is 2.33. The van der Waals surface area contributed by atoms with E-state index in [0.29, 0.717) is 47.8 Å². The van der Waals surface area contributed by atoms with Gasteiger partial charge in [-0.05, 0) is 69.6 Å². The third-order valence-electron chi connectivity index (χ3n) is 7.17. The van der Waals surface area contributed by atoms with Gasteiger partial charge < -0.3 is 15.1 Å². The van der Waals surface area contributed by atoms with E-state index >= 15 is 0 Å². The quantitative estimate of drug-likeness (QED) is 0.465. The number of rotatable bonds is 7. The van der Waals surface area contributed by atoms with E-state index in [9.17, 15) is 18.0 Å². The Kier molecular flexibility index (Phi) is 9.20. The van der Waals surface area contributed by atoms with Crippen LogP contribution in [0.3, 0.4) is 0 Å². The third kappa shape index (κ3) is 6.87. The van der Waals surface area contributed by atoms with Crippen LogP contribution in [0.5, 0.6) is 0 Å². The number of nitrogens with one attached hydrogen (secondary N) is 2. The van der Waals surface area contributed by atoms with E-state index in [1.165, 1.54) is 18.5 Å². The summed E-state index contributed by atoms with van der Waals surface area (Å²) in [4.78, 5) is 26.2. The molecule has 2 N–H and O–H groups in total. The highest BCUT2D eigenvalue weighted by Crippen LogP contribution is 2.35. The number of amides is 1. The van der Waals surface area contributed by atoms with Crippen LogP contribution in [0, 0.1) is 6.92 Å². The first-order valence-corrected chi connectivity index (χ1v) is 14.0. The van der Waals surface area contributed by atoms with E-state index in [1.54, 1.807) is 18.9 Å². The summed E-state index contributed by atoms with van der Waals surface area (Å²) in [6.07, 6.45) is 3.07. The van der Waals surface area contributed by atoms with Crippen molar-refractivity contribution < 1.29 is 18.0 Å². The van der Waals surface area contributed by atoms with Crippen molar-refractivity contribution in [3.8, 4) is 0 Å². The van der Waals surface area contributed by atoms with E-state index in [0.717, 1.165) is 44.8 Å². The standard InChI is InChI=1S/C25H32ClF3N6OS/c1-16-22(24(36)35-11-7-19(8-12-35)34-9-5-18(6-10-34)33-37-2)31-15-32-23(16)30-14-17-3-4-20(21(26)13-17)25(27,28)29/h3-4,13,15,18-19,33H,5-12,14H2,1-2H3,(H,30,31,32). The van der Waals surface area contributed by atoms with Gasteiger partial charge in [-0.15, -0.1) is 0 Å². The molecule has 4 rings (SSSR count). The Hall–Kier alpha value is -2.08. The van der Waals surface area contributed by atoms with Crippen molar-refractivity contribution in [3.63, 3.8) is 0 Å². The van der Waals surface area contributed by atoms with Crippen molar-refractivity contribution in [1.82, 2.24) is 24.5 Å². The highest BCUT2D eigenvalue weighted by molar-refractivity contribution is 7.96. The van der Waals surface area contributed by atoms with E-state index in [1.807, 2.05) is 4.90 Å². The van der Waals surface area contributed by atoms with E-state index in [2.05, 4.69) is 31.2 Å². The van der Waals surface area contributed by atoms with Gasteiger partial charge in [-0.1, -0.05) is 29.6 Å². The summed E-state index contributed by atoms with van der Waals surface area (Å²) in [5.41, 5.74) is 0.644. The van der Waals surface area contributed by atoms with Crippen LogP contribution in [-0.4, -0.2) is 70.2 Å². The Morgan fingerprint density at radius 1 is 1.14 bits per heavy atom. The summed E-state index contributed by atoms with van der Waals surface area (Å²) < 4.78 is 42.3. The van der Waals surface area contributed by atoms with Gasteiger partial charge in [0.2, 0.25) is 0 Å². The van der Waals surface area contributed by atoms with Crippen LogP contribution >= 0.6 is 23.5 Å². The number of hydrogen-bond donors (Lipinski definition) is 2. The van der Waals surface area contributed by atoms with Gasteiger partial charge in [-0.3, -0.25) is 9.52 Å². The average molecular weight is 557 g/mol. The minimum Gasteiger partial charge on any atom is -0.366 e. The molecule has 0 bridgehead atoms. The topological polar surface area (TPSA) is 73.4 Å². The second-order valence-electron chi connectivity index (χ2n) is 9.52. The predicted octanol–water partition coefficient (Wildman–Crippen LogP) is 5.01. The molecular formula is C25H32ClF3N6OS. The van der Waals surface area contributed by atoms with Crippen LogP contribution in [-0.2, 0) is 12.7 Å². The van der Waals surface area contributed by atoms with Gasteiger partial charge >= 0.3 is 6.18 Å². The zero-order valence-electron chi connectivity index (χ0n) is 20.9. The van der Waals surface area contributed by atoms with Crippen LogP contribution < -0.4 is 10.0 Å². The van der Waals surface area contributed by atoms with Crippen LogP contribution in [0.25, 0.3) is 0 Å². The Balaban J connectivity index is 1.33. The Labute approximate surface area is 224 Å². The first-order valence-electron chi connectivity index (χ1n) is 12.4. The van der Waals surface area contributed by atoms with Gasteiger partial charge in [0, 0.05) is 37.3 Å². The number of hydrogen-bond acceptors (Lipinski definition) is 7. The molecule has 2 fully saturated rings. The maximum atomic E-state index is 13.3. The fraction of sp³-hybridized carbons (Fsp3) is 0.560. The summed E-state index contributed by atoms with van der Waals surface area (Å²) in [6.45, 7) is 5.51. The lowest BCUT2D eigenvalue weighted by Crippen LogP contribution is -2.50. The smallest absolute Gasteiger partial charge is 0.366 e. The molecule has 0 unspecified atom stereocenters. The minimum atomic E-state index is -4.50. The van der Waals surface area contributed by atoms with Gasteiger partial charge in [0.15, 0.2) is 0 Å². The lowest BCUT2D eigenvalue weighted by atomic mass is 9.98. The molecule has 2 aromatic rings. The fourth-order valence-electron chi connectivity index (χ4n) is 5.06. The number of aromatic nitrogens is 2. The number of halogens is 4. The molecule has 1 aromatic heterocycles. The average Bonchev–Trinajstić information content (AvgIpc) is 2.88. The van der Waals surface area contributed by atoms with E-state index < -0.39 is 11.7 Å². The molecule has 0 radical (unpaired) electrons. The SMILES string of the molecule is CSNC1CCN(C2CCN(C(=O)c3ncnc(NCc4ccc(C(F)(F)F)c(Cl)c4)c3C)CC2)CC1. The number of anilines is 1. The molecule has 2 aliphatic heterocycles. The van der Waals surface area contributed by atoms with Crippen molar-refractivity contribution in [1.29, 1.82) is 0 Å². The number of likely N-dealkylation sites (tertiary alicyclic amines) is 2. The number of alkyl halides is 3. The summed E-state index contributed by atoms with van der Waals surface area (Å²) in [6, 6.07) is 4.70. The number of piperidine rings is 2. The van der Waals surface area contributed by atoms with Crippen molar-refractivity contribution >= 4 is 35.3 Å². The Morgan fingerprint density at radius 3 is 2.46 bits per heavy atom. The first-order chi connectivity index (χ1) is 17.7. The van der Waals surface area contributed by atoms with Crippen LogP contribution in [0.1, 0.15) is 52.9 Å². The minimum absolute atomic E-state index is 0.123. The normalized spacial score (nSPS) is 18.3. The maximum Gasteiger partial charge on any atom is 0.417 e. The van der Waals surface area contributed by atoms with Gasteiger partial charge in [0.1, 0.15) is 17.8 Å². The van der Waals surface area contributed by atoms with Crippen LogP contribution in [0.4, 0.5) is 19.0 Å². The van der Waals surface area contributed by atoms with E-state index in [-0.39, 0.29) is 17.5 Å². The van der Waals surface area contributed by atoms with Gasteiger partial charge in [0.05, 0.1) is 10.6 Å². The molecule has 2 saturated heterocycles. The molecule has 0 spiro atoms. The van der Waals surface area contributed by atoms with Crippen molar-refractivity contribution in [2.24, 2.45) is 0 Å². The lowest BCUT2D eigenvalue weighted by molar-refractivity contribution is -0.137. The van der Waals surface area contributed by atoms with Crippen molar-refractivity contribution in [3.05, 3.63) is 51.9 Å². The number of carbonyl (C=O) groups is 1. The van der Waals surface area contributed by atoms with Crippen LogP contribution in [0.2, 0.25) is 5.02 Å². The number of nitrogens with zero attached hydrogens (tertiary/aromatic N) is 4. The molecular weight excluding hydrogens is 525 g/mol. The first kappa shape index (κ1) is 27.9. The molecule has 3 heterocycles. The Bertz CT molecular complexity index is 1090. The molecule has 1 amide bonds. The van der Waals surface area contributed by atoms with Gasteiger partial charge in [0.25, 0.3) is 5.91 Å². The van der Waals surface area contributed by atoms with E-state index in [4.69, 9.17) is 11.6 Å². The number of carbonyl (C=O) groups excluding carboxylic acids is 1. The molecule has 7 nitrogen and oxygen atoms in total. The largest absolute Gasteiger partial charge is 0.417 e.